The van der Waals surface area contributed by atoms with E-state index in [2.05, 4.69) is 27.3 Å². The summed E-state index contributed by atoms with van der Waals surface area (Å²) >= 11 is 2.15. The van der Waals surface area contributed by atoms with Gasteiger partial charge in [0.1, 0.15) is 5.76 Å². The molecule has 1 atom stereocenters. The first kappa shape index (κ1) is 15.4. The predicted molar refractivity (Wildman–Crippen MR) is 72.1 cm³/mol. The summed E-state index contributed by atoms with van der Waals surface area (Å²) in [5.41, 5.74) is 0. The maximum atomic E-state index is 11.1. The molecule has 0 aliphatic rings. The molecule has 1 heterocycles. The number of halogens is 1. The van der Waals surface area contributed by atoms with Crippen LogP contribution in [0.4, 0.5) is 0 Å². The molecule has 16 heavy (non-hydrogen) atoms. The molecule has 1 unspecified atom stereocenters. The number of carbonyl (C=O) groups is 1. The van der Waals surface area contributed by atoms with Crippen LogP contribution < -0.4 is 0 Å². The predicted octanol–water partition coefficient (Wildman–Crippen LogP) is 2.74. The van der Waals surface area contributed by atoms with E-state index in [-0.39, 0.29) is 11.8 Å². The van der Waals surface area contributed by atoms with Gasteiger partial charge in [0.25, 0.3) is 0 Å². The minimum atomic E-state index is -0.442. The third kappa shape index (κ3) is 4.13. The normalized spacial score (nSPS) is 11.7. The van der Waals surface area contributed by atoms with Crippen LogP contribution in [0.3, 0.4) is 0 Å². The van der Waals surface area contributed by atoms with Crippen molar-refractivity contribution in [2.45, 2.75) is 13.0 Å². The third-order valence-electron chi connectivity index (χ3n) is 2.20. The zero-order chi connectivity index (χ0) is 12.7. The first-order valence-corrected chi connectivity index (χ1v) is 6.94. The van der Waals surface area contributed by atoms with Crippen LogP contribution in [0.2, 0.25) is 0 Å². The van der Waals surface area contributed by atoms with Crippen molar-refractivity contribution in [2.24, 2.45) is 0 Å². The summed E-state index contributed by atoms with van der Waals surface area (Å²) < 4.78 is 9.89. The summed E-state index contributed by atoms with van der Waals surface area (Å²) in [5, 5.41) is 0. The lowest BCUT2D eigenvalue weighted by molar-refractivity contribution is 0.0560. The molecule has 0 bridgehead atoms. The van der Waals surface area contributed by atoms with Crippen LogP contribution in [0.1, 0.15) is 29.3 Å². The first-order valence-electron chi connectivity index (χ1n) is 4.78. The van der Waals surface area contributed by atoms with E-state index in [0.717, 1.165) is 5.76 Å². The Morgan fingerprint density at radius 1 is 1.44 bits per heavy atom. The maximum Gasteiger partial charge on any atom is 0.373 e. The van der Waals surface area contributed by atoms with Crippen molar-refractivity contribution in [1.29, 1.82) is 0 Å². The fraction of sp³-hybridized carbons (Fsp3) is 0.545. The molecule has 1 aromatic rings. The number of esters is 1. The summed E-state index contributed by atoms with van der Waals surface area (Å²) in [7, 11) is 5.23. The van der Waals surface area contributed by atoms with Crippen molar-refractivity contribution >= 4 is 28.6 Å². The average Bonchev–Trinajstić information content (AvgIpc) is 2.78. The van der Waals surface area contributed by atoms with Crippen molar-refractivity contribution < 1.29 is 13.9 Å². The van der Waals surface area contributed by atoms with E-state index in [1.165, 1.54) is 7.11 Å². The molecule has 0 saturated heterocycles. The molecule has 1 aromatic heterocycles. The topological polar surface area (TPSA) is 42.7 Å². The highest BCUT2D eigenvalue weighted by Crippen LogP contribution is 2.20. The second-order valence-electron chi connectivity index (χ2n) is 3.33. The number of rotatable bonds is 3. The van der Waals surface area contributed by atoms with E-state index in [9.17, 15) is 4.79 Å². The van der Waals surface area contributed by atoms with Gasteiger partial charge in [0.05, 0.1) is 13.2 Å². The minimum Gasteiger partial charge on any atom is -0.463 e. The van der Waals surface area contributed by atoms with Crippen LogP contribution in [-0.2, 0) is 4.74 Å². The smallest absolute Gasteiger partial charge is 0.373 e. The van der Waals surface area contributed by atoms with Crippen LogP contribution in [0.5, 0.6) is 0 Å². The highest BCUT2D eigenvalue weighted by atomic mass is 127. The Bertz CT molecular complexity index is 323. The molecule has 4 nitrogen and oxygen atoms in total. The fourth-order valence-corrected chi connectivity index (χ4v) is 1.04. The fourth-order valence-electron chi connectivity index (χ4n) is 1.04. The van der Waals surface area contributed by atoms with Crippen LogP contribution in [0, 0.1) is 0 Å². The Hall–Kier alpha value is -0.560. The molecule has 1 rings (SSSR count). The Balaban J connectivity index is 0.00000106. The van der Waals surface area contributed by atoms with E-state index in [1.54, 1.807) is 12.1 Å². The summed E-state index contributed by atoms with van der Waals surface area (Å²) in [6.45, 7) is 2.00. The standard InChI is InChI=1S/C10H15NO3.CH3I/c1-7(11(2)3)8-5-6-9(14-8)10(12)13-4;1-2/h5-7H,1-4H3;1H3. The molecule has 92 valence electrons. The third-order valence-corrected chi connectivity index (χ3v) is 2.20. The second-order valence-corrected chi connectivity index (χ2v) is 3.33. The van der Waals surface area contributed by atoms with Crippen LogP contribution in [-0.4, -0.2) is 37.0 Å². The zero-order valence-corrected chi connectivity index (χ0v) is 12.4. The van der Waals surface area contributed by atoms with Crippen LogP contribution in [0.25, 0.3) is 0 Å². The minimum absolute atomic E-state index is 0.147. The van der Waals surface area contributed by atoms with E-state index in [4.69, 9.17) is 4.42 Å². The van der Waals surface area contributed by atoms with Crippen molar-refractivity contribution in [3.05, 3.63) is 23.7 Å². The average molecular weight is 339 g/mol. The number of methoxy groups -OCH3 is 1. The molecule has 0 aromatic carbocycles. The monoisotopic (exact) mass is 339 g/mol. The molecule has 0 spiro atoms. The number of carbonyl (C=O) groups excluding carboxylic acids is 1. The van der Waals surface area contributed by atoms with Crippen LogP contribution in [0.15, 0.2) is 16.5 Å². The zero-order valence-electron chi connectivity index (χ0n) is 10.3. The van der Waals surface area contributed by atoms with E-state index in [1.807, 2.05) is 30.8 Å². The molecule has 0 radical (unpaired) electrons. The molecule has 5 heteroatoms. The summed E-state index contributed by atoms with van der Waals surface area (Å²) in [5.74, 6) is 0.564. The molecule has 0 aliphatic carbocycles. The lowest BCUT2D eigenvalue weighted by Crippen LogP contribution is -2.16. The number of alkyl halides is 1. The molecule has 0 amide bonds. The molecule has 0 aliphatic heterocycles. The van der Waals surface area contributed by atoms with E-state index >= 15 is 0 Å². The molecule has 0 saturated carbocycles. The van der Waals surface area contributed by atoms with Crippen molar-refractivity contribution in [2.75, 3.05) is 26.1 Å². The van der Waals surface area contributed by atoms with Crippen molar-refractivity contribution in [1.82, 2.24) is 4.90 Å². The number of furan rings is 1. The SMILES string of the molecule is CI.COC(=O)c1ccc(C(C)N(C)C)o1. The summed E-state index contributed by atoms with van der Waals surface area (Å²) in [6, 6.07) is 3.56. The van der Waals surface area contributed by atoms with Gasteiger partial charge in [0, 0.05) is 0 Å². The van der Waals surface area contributed by atoms with Gasteiger partial charge in [-0.3, -0.25) is 4.90 Å². The highest BCUT2D eigenvalue weighted by Gasteiger charge is 2.16. The Morgan fingerprint density at radius 2 is 2.00 bits per heavy atom. The largest absolute Gasteiger partial charge is 0.463 e. The Morgan fingerprint density at radius 3 is 2.44 bits per heavy atom. The Kier molecular flexibility index (Phi) is 7.40. The van der Waals surface area contributed by atoms with Crippen molar-refractivity contribution in [3.63, 3.8) is 0 Å². The van der Waals surface area contributed by atoms with Crippen molar-refractivity contribution in [3.8, 4) is 0 Å². The lowest BCUT2D eigenvalue weighted by Gasteiger charge is -2.16. The van der Waals surface area contributed by atoms with Gasteiger partial charge < -0.3 is 9.15 Å². The van der Waals surface area contributed by atoms with Gasteiger partial charge in [-0.25, -0.2) is 4.79 Å². The molecule has 0 fully saturated rings. The van der Waals surface area contributed by atoms with Gasteiger partial charge in [-0.2, -0.15) is 0 Å². The molecular weight excluding hydrogens is 321 g/mol. The molecular formula is C11H18INO3. The number of nitrogens with zero attached hydrogens (tertiary/aromatic N) is 1. The van der Waals surface area contributed by atoms with Gasteiger partial charge in [0.2, 0.25) is 5.76 Å². The highest BCUT2D eigenvalue weighted by molar-refractivity contribution is 14.1. The summed E-state index contributed by atoms with van der Waals surface area (Å²) in [6.07, 6.45) is 0. The van der Waals surface area contributed by atoms with E-state index < -0.39 is 5.97 Å². The quantitative estimate of drug-likeness (QED) is 0.483. The van der Waals surface area contributed by atoms with E-state index in [0.29, 0.717) is 0 Å². The summed E-state index contributed by atoms with van der Waals surface area (Å²) in [4.78, 5) is 15.1. The van der Waals surface area contributed by atoms with Gasteiger partial charge in [-0.05, 0) is 38.1 Å². The number of hydrogen-bond donors (Lipinski definition) is 0. The second kappa shape index (κ2) is 7.67. The number of hydrogen-bond acceptors (Lipinski definition) is 4. The van der Waals surface area contributed by atoms with Gasteiger partial charge in [-0.1, -0.05) is 22.6 Å². The lowest BCUT2D eigenvalue weighted by atomic mass is 10.2. The van der Waals surface area contributed by atoms with Gasteiger partial charge >= 0.3 is 5.97 Å². The number of ether oxygens (including phenoxy) is 1. The van der Waals surface area contributed by atoms with Gasteiger partial charge in [-0.15, -0.1) is 0 Å². The van der Waals surface area contributed by atoms with Crippen LogP contribution >= 0.6 is 22.6 Å². The first-order chi connectivity index (χ1) is 7.56. The maximum absolute atomic E-state index is 11.1. The van der Waals surface area contributed by atoms with Gasteiger partial charge in [0.15, 0.2) is 0 Å². The molecule has 0 N–H and O–H groups in total. The Labute approximate surface area is 110 Å².